The molecule has 1 aromatic heterocycles. The molecule has 4 nitrogen and oxygen atoms in total. The summed E-state index contributed by atoms with van der Waals surface area (Å²) in [5.41, 5.74) is -0.176. The third-order valence-corrected chi connectivity index (χ3v) is 3.26. The van der Waals surface area contributed by atoms with E-state index in [0.29, 0.717) is 17.9 Å². The molecule has 0 aliphatic carbocycles. The molecule has 1 aliphatic heterocycles. The molecule has 0 aromatic carbocycles. The standard InChI is InChI=1S/C14H14N2O2/c1-4-14(3)13(17)10(9-15)12(18-14)11-7-6-8-16(11)5-2/h5-8H,2,4H2,1,3H3. The zero-order valence-corrected chi connectivity index (χ0v) is 10.4. The molecule has 2 heterocycles. The maximum atomic E-state index is 12.2. The molecule has 92 valence electrons. The van der Waals surface area contributed by atoms with Gasteiger partial charge in [-0.2, -0.15) is 5.26 Å². The summed E-state index contributed by atoms with van der Waals surface area (Å²) in [5, 5.41) is 9.15. The van der Waals surface area contributed by atoms with E-state index in [1.165, 1.54) is 0 Å². The SMILES string of the molecule is C=Cn1cccc1C1=C(C#N)C(=O)C(C)(CC)O1. The second-order valence-corrected chi connectivity index (χ2v) is 4.31. The van der Waals surface area contributed by atoms with E-state index in [9.17, 15) is 4.79 Å². The van der Waals surface area contributed by atoms with E-state index in [2.05, 4.69) is 6.58 Å². The van der Waals surface area contributed by atoms with E-state index < -0.39 is 5.60 Å². The summed E-state index contributed by atoms with van der Waals surface area (Å²) < 4.78 is 7.46. The minimum absolute atomic E-state index is 0.0844. The maximum Gasteiger partial charge on any atom is 0.220 e. The van der Waals surface area contributed by atoms with Gasteiger partial charge < -0.3 is 9.30 Å². The summed E-state index contributed by atoms with van der Waals surface area (Å²) >= 11 is 0. The van der Waals surface area contributed by atoms with Gasteiger partial charge in [-0.15, -0.1) is 0 Å². The van der Waals surface area contributed by atoms with E-state index in [0.717, 1.165) is 0 Å². The summed E-state index contributed by atoms with van der Waals surface area (Å²) in [4.78, 5) is 12.2. The quantitative estimate of drug-likeness (QED) is 0.818. The summed E-state index contributed by atoms with van der Waals surface area (Å²) in [5.74, 6) is 0.0936. The normalized spacial score (nSPS) is 22.8. The number of carbonyl (C=O) groups excluding carboxylic acids is 1. The Morgan fingerprint density at radius 3 is 2.94 bits per heavy atom. The van der Waals surface area contributed by atoms with Gasteiger partial charge in [0.25, 0.3) is 0 Å². The smallest absolute Gasteiger partial charge is 0.220 e. The molecule has 2 rings (SSSR count). The molecule has 4 heteroatoms. The van der Waals surface area contributed by atoms with Crippen LogP contribution in [0.3, 0.4) is 0 Å². The van der Waals surface area contributed by atoms with Gasteiger partial charge in [-0.25, -0.2) is 0 Å². The molecule has 0 spiro atoms. The van der Waals surface area contributed by atoms with Crippen molar-refractivity contribution in [3.8, 4) is 6.07 Å². The van der Waals surface area contributed by atoms with E-state index in [-0.39, 0.29) is 11.4 Å². The van der Waals surface area contributed by atoms with Crippen LogP contribution in [-0.4, -0.2) is 16.0 Å². The lowest BCUT2D eigenvalue weighted by molar-refractivity contribution is -0.127. The second-order valence-electron chi connectivity index (χ2n) is 4.31. The van der Waals surface area contributed by atoms with Crippen LogP contribution in [0, 0.1) is 11.3 Å². The zero-order chi connectivity index (χ0) is 13.3. The van der Waals surface area contributed by atoms with Crippen molar-refractivity contribution in [2.45, 2.75) is 25.9 Å². The Kier molecular flexibility index (Phi) is 2.84. The van der Waals surface area contributed by atoms with Crippen molar-refractivity contribution >= 4 is 17.7 Å². The maximum absolute atomic E-state index is 12.2. The molecule has 0 fully saturated rings. The van der Waals surface area contributed by atoms with Crippen LogP contribution in [0.4, 0.5) is 0 Å². The van der Waals surface area contributed by atoms with Gasteiger partial charge in [-0.3, -0.25) is 4.79 Å². The van der Waals surface area contributed by atoms with E-state index in [1.54, 1.807) is 30.0 Å². The van der Waals surface area contributed by atoms with Crippen molar-refractivity contribution in [2.24, 2.45) is 0 Å². The number of hydrogen-bond acceptors (Lipinski definition) is 3. The molecule has 0 bridgehead atoms. The highest BCUT2D eigenvalue weighted by molar-refractivity contribution is 6.13. The van der Waals surface area contributed by atoms with Gasteiger partial charge in [-0.05, 0) is 25.5 Å². The Balaban J connectivity index is 2.57. The lowest BCUT2D eigenvalue weighted by atomic mass is 9.95. The number of carbonyl (C=O) groups is 1. The van der Waals surface area contributed by atoms with Gasteiger partial charge in [0.05, 0.1) is 5.69 Å². The largest absolute Gasteiger partial charge is 0.476 e. The highest BCUT2D eigenvalue weighted by atomic mass is 16.5. The molecule has 0 radical (unpaired) electrons. The zero-order valence-electron chi connectivity index (χ0n) is 10.4. The van der Waals surface area contributed by atoms with Crippen LogP contribution in [0.5, 0.6) is 0 Å². The van der Waals surface area contributed by atoms with Crippen LogP contribution < -0.4 is 0 Å². The first kappa shape index (κ1) is 12.2. The summed E-state index contributed by atoms with van der Waals surface area (Å²) in [6.07, 6.45) is 3.92. The summed E-state index contributed by atoms with van der Waals surface area (Å²) in [6, 6.07) is 5.56. The highest BCUT2D eigenvalue weighted by Crippen LogP contribution is 2.38. The van der Waals surface area contributed by atoms with Crippen molar-refractivity contribution in [2.75, 3.05) is 0 Å². The van der Waals surface area contributed by atoms with Crippen LogP contribution in [0.1, 0.15) is 26.0 Å². The van der Waals surface area contributed by atoms with Gasteiger partial charge in [0.2, 0.25) is 5.78 Å². The molecule has 1 aromatic rings. The number of Topliss-reactive ketones (excluding diaryl/α,β-unsaturated/α-hetero) is 1. The fraction of sp³-hybridized carbons (Fsp3) is 0.286. The van der Waals surface area contributed by atoms with Gasteiger partial charge >= 0.3 is 0 Å². The lowest BCUT2D eigenvalue weighted by Crippen LogP contribution is -2.32. The molecule has 0 saturated carbocycles. The van der Waals surface area contributed by atoms with Crippen LogP contribution in [0.25, 0.3) is 12.0 Å². The van der Waals surface area contributed by atoms with Crippen molar-refractivity contribution in [3.05, 3.63) is 36.2 Å². The Morgan fingerprint density at radius 2 is 2.39 bits per heavy atom. The molecular weight excluding hydrogens is 228 g/mol. The fourth-order valence-electron chi connectivity index (χ4n) is 1.95. The topological polar surface area (TPSA) is 55.0 Å². The first-order chi connectivity index (χ1) is 8.57. The van der Waals surface area contributed by atoms with E-state index >= 15 is 0 Å². The van der Waals surface area contributed by atoms with Gasteiger partial charge in [0.1, 0.15) is 11.6 Å². The predicted molar refractivity (Wildman–Crippen MR) is 68.1 cm³/mol. The number of aromatic nitrogens is 1. The Labute approximate surface area is 106 Å². The lowest BCUT2D eigenvalue weighted by Gasteiger charge is -2.21. The monoisotopic (exact) mass is 242 g/mol. The highest BCUT2D eigenvalue weighted by Gasteiger charge is 2.45. The Hall–Kier alpha value is -2.28. The Morgan fingerprint density at radius 1 is 1.67 bits per heavy atom. The average Bonchev–Trinajstić information content (AvgIpc) is 2.94. The number of ether oxygens (including phenoxy) is 1. The first-order valence-electron chi connectivity index (χ1n) is 5.75. The van der Waals surface area contributed by atoms with E-state index in [4.69, 9.17) is 10.00 Å². The summed E-state index contributed by atoms with van der Waals surface area (Å²) in [7, 11) is 0. The molecule has 0 saturated heterocycles. The molecule has 0 amide bonds. The van der Waals surface area contributed by atoms with Crippen LogP contribution in [0.2, 0.25) is 0 Å². The third-order valence-electron chi connectivity index (χ3n) is 3.26. The number of hydrogen-bond donors (Lipinski definition) is 0. The minimum Gasteiger partial charge on any atom is -0.476 e. The number of nitrogens with zero attached hydrogens (tertiary/aromatic N) is 2. The average molecular weight is 242 g/mol. The van der Waals surface area contributed by atoms with Crippen LogP contribution >= 0.6 is 0 Å². The van der Waals surface area contributed by atoms with Crippen molar-refractivity contribution in [1.82, 2.24) is 4.57 Å². The number of rotatable bonds is 3. The third kappa shape index (κ3) is 1.56. The molecule has 1 unspecified atom stereocenters. The first-order valence-corrected chi connectivity index (χ1v) is 5.75. The van der Waals surface area contributed by atoms with Crippen molar-refractivity contribution in [3.63, 3.8) is 0 Å². The molecule has 1 atom stereocenters. The Bertz CT molecular complexity index is 589. The summed E-state index contributed by atoms with van der Waals surface area (Å²) in [6.45, 7) is 7.25. The molecule has 18 heavy (non-hydrogen) atoms. The molecular formula is C14H14N2O2. The second kappa shape index (κ2) is 4.19. The van der Waals surface area contributed by atoms with Crippen molar-refractivity contribution in [1.29, 1.82) is 5.26 Å². The van der Waals surface area contributed by atoms with Gasteiger partial charge in [0.15, 0.2) is 11.4 Å². The molecule has 0 N–H and O–H groups in total. The fourth-order valence-corrected chi connectivity index (χ4v) is 1.95. The van der Waals surface area contributed by atoms with Gasteiger partial charge in [0, 0.05) is 12.4 Å². The molecule has 1 aliphatic rings. The van der Waals surface area contributed by atoms with Crippen LogP contribution in [-0.2, 0) is 9.53 Å². The van der Waals surface area contributed by atoms with Crippen LogP contribution in [0.15, 0.2) is 30.5 Å². The van der Waals surface area contributed by atoms with Gasteiger partial charge in [-0.1, -0.05) is 13.5 Å². The van der Waals surface area contributed by atoms with Crippen molar-refractivity contribution < 1.29 is 9.53 Å². The van der Waals surface area contributed by atoms with E-state index in [1.807, 2.05) is 19.1 Å². The number of nitriles is 1. The number of ketones is 1. The minimum atomic E-state index is -0.934. The predicted octanol–water partition coefficient (Wildman–Crippen LogP) is 2.59.